The van der Waals surface area contributed by atoms with Gasteiger partial charge in [-0.2, -0.15) is 24.9 Å². The van der Waals surface area contributed by atoms with Crippen molar-refractivity contribution in [3.63, 3.8) is 0 Å². The van der Waals surface area contributed by atoms with Gasteiger partial charge in [-0.3, -0.25) is 24.0 Å². The lowest BCUT2D eigenvalue weighted by atomic mass is 9.85. The second-order valence-corrected chi connectivity index (χ2v) is 30.8. The summed E-state index contributed by atoms with van der Waals surface area (Å²) in [5.74, 6) is -21.7. The van der Waals surface area contributed by atoms with Crippen LogP contribution in [0.3, 0.4) is 0 Å². The predicted molar refractivity (Wildman–Crippen MR) is 452 cm³/mol. The van der Waals surface area contributed by atoms with Crippen LogP contribution in [0.5, 0.6) is 0 Å². The number of primary amides is 5. The van der Waals surface area contributed by atoms with Gasteiger partial charge in [0.1, 0.15) is 29.1 Å². The van der Waals surface area contributed by atoms with E-state index in [0.717, 1.165) is 31.0 Å². The molecule has 5 amide bonds. The molecule has 0 aliphatic heterocycles. The summed E-state index contributed by atoms with van der Waals surface area (Å²) < 4.78 is 362. The first-order chi connectivity index (χ1) is 70.6. The molecule has 5 saturated carbocycles. The van der Waals surface area contributed by atoms with Crippen molar-refractivity contribution in [2.24, 2.45) is 58.2 Å². The Morgan fingerprint density at radius 2 is 0.661 bits per heavy atom. The lowest BCUT2D eigenvalue weighted by Gasteiger charge is -2.32. The van der Waals surface area contributed by atoms with Crippen LogP contribution in [0, 0.1) is 29.5 Å². The molecular formula is C80H135N25O10. The van der Waals surface area contributed by atoms with Crippen molar-refractivity contribution in [1.29, 1.82) is 0 Å². The number of hydrogen-bond donors (Lipinski definition) is 20. The number of nitrogens with one attached hydrogen (secondary N) is 10. The average Bonchev–Trinajstić information content (AvgIpc) is 0.665. The molecule has 640 valence electrons. The van der Waals surface area contributed by atoms with Gasteiger partial charge < -0.3 is 107 Å². The second-order valence-electron chi connectivity index (χ2n) is 30.8. The first kappa shape index (κ1) is 47.7. The molecule has 17 atom stereocenters. The monoisotopic (exact) mass is 1650 g/mol. The number of anilines is 10. The number of aromatic nitrogens is 10. The summed E-state index contributed by atoms with van der Waals surface area (Å²) >= 11 is 0. The topological polar surface area (TPSA) is 566 Å². The van der Waals surface area contributed by atoms with Gasteiger partial charge in [0.05, 0.1) is 65.2 Å². The van der Waals surface area contributed by atoms with E-state index in [0.29, 0.717) is 0 Å². The third-order valence-corrected chi connectivity index (χ3v) is 14.4. The van der Waals surface area contributed by atoms with Gasteiger partial charge in [0.25, 0.3) is 29.5 Å². The Bertz CT molecular complexity index is 6170. The van der Waals surface area contributed by atoms with Gasteiger partial charge in [-0.15, -0.1) is 0 Å². The van der Waals surface area contributed by atoms with Crippen molar-refractivity contribution in [2.75, 3.05) is 53.2 Å². The van der Waals surface area contributed by atoms with Crippen LogP contribution in [0.2, 0.25) is 0 Å². The maximum absolute atomic E-state index is 11.9. The van der Waals surface area contributed by atoms with Gasteiger partial charge in [-0.05, 0) is 229 Å². The van der Waals surface area contributed by atoms with Crippen molar-refractivity contribution in [1.82, 2.24) is 49.8 Å². The van der Waals surface area contributed by atoms with Crippen LogP contribution in [-0.4, -0.2) is 193 Å². The number of carbonyl (C=O) groups excluding carboxylic acids is 5. The van der Waals surface area contributed by atoms with Gasteiger partial charge in [0, 0.05) is 144 Å². The minimum atomic E-state index is -4.00. The average molecular weight is 1650 g/mol. The largest absolute Gasteiger partial charge is 0.393 e. The summed E-state index contributed by atoms with van der Waals surface area (Å²) in [5, 5.41) is 78.7. The standard InChI is InChI=1S/5C16H27N5O2/c5*1-9-5-6-10(7-12(9)22)19-14-11(13(17)23)8-18-15(20-14)21-16(2,3)4/h5*8-10,12,22H,5-7H2,1-4H3,(H2,17,23)(H2,18,19,20,21)/i1D3,5D,6D2,7D2,9D,10D,12D;1D3,5D2,6D2,7D,9D,10D;1D3,5D2,6D2,9D,10D;1D3,5D2,6D2,10D;1D3,5D2,6D2. The van der Waals surface area contributed by atoms with E-state index in [2.05, 4.69) is 97.7 Å². The molecule has 5 fully saturated rings. The minimum absolute atomic E-state index is 0.00846. The fourth-order valence-electron chi connectivity index (χ4n) is 9.24. The predicted octanol–water partition coefficient (Wildman–Crippen LogP) is 8.74. The summed E-state index contributed by atoms with van der Waals surface area (Å²) in [4.78, 5) is 99.3. The Balaban J connectivity index is 0.000000304. The molecule has 0 radical (unpaired) electrons. The zero-order valence-electron chi connectivity index (χ0n) is 111. The number of carbonyl (C=O) groups is 5. The van der Waals surface area contributed by atoms with E-state index in [1.165, 1.54) is 0 Å². The molecule has 35 heteroatoms. The first-order valence-corrected chi connectivity index (χ1v) is 35.1. The fourth-order valence-corrected chi connectivity index (χ4v) is 9.24. The molecule has 0 aromatic carbocycles. The van der Waals surface area contributed by atoms with E-state index >= 15 is 0 Å². The molecule has 5 aromatic rings. The normalized spacial score (nSPS) is 42.1. The molecule has 35 nitrogen and oxygen atoms in total. The van der Waals surface area contributed by atoms with E-state index in [-0.39, 0.29) is 58.1 Å². The summed E-state index contributed by atoms with van der Waals surface area (Å²) in [7, 11) is 0. The summed E-state index contributed by atoms with van der Waals surface area (Å²) in [6.45, 7) is 10.4. The molecule has 10 rings (SSSR count). The Hall–Kier alpha value is -9.45. The SMILES string of the molecule is [2H]C([2H])([2H])C1([2H])C(O)CC([2H])(Nc2nc(NC(C)(C)C)ncc2C(N)=O)C([2H])([2H])C1([2H])[2H].[2H]C([2H])([2H])C1C(O)CC(Nc2nc(NC(C)(C)C)ncc2C(N)=O)C([2H])([2H])C1([2H])[2H].[2H]C([2H])([2H])C1C(O)CC([2H])(Nc2nc(NC(C)(C)C)ncc2C(N)=O)C([2H])([2H])C1([2H])[2H].[2H]C1C(O)C([2H])(C([2H])([2H])[2H])C([2H])([2H])C([2H])([2H])C1([2H])Nc1nc(NC(C)(C)C)ncc1C(N)=O.[2H]C1C([2H])([2H])C([2H])(Nc2nc(NC(C)(C)C)ncc2C(N)=O)C([2H])([2H])C([2H])(O)C1([2H])C([2H])([2H])[2H]. The van der Waals surface area contributed by atoms with Crippen LogP contribution in [0.15, 0.2) is 31.0 Å². The highest BCUT2D eigenvalue weighted by molar-refractivity contribution is 6.00. The molecule has 5 aromatic heterocycles. The van der Waals surface area contributed by atoms with Crippen molar-refractivity contribution in [3.8, 4) is 0 Å². The molecule has 0 saturated heterocycles. The minimum Gasteiger partial charge on any atom is -0.393 e. The fraction of sp³-hybridized carbons (Fsp3) is 0.688. The Morgan fingerprint density at radius 1 is 0.365 bits per heavy atom. The number of nitrogens with two attached hydrogens (primary N) is 5. The molecule has 0 spiro atoms. The molecule has 5 aliphatic rings. The van der Waals surface area contributed by atoms with E-state index in [9.17, 15) is 49.5 Å². The van der Waals surface area contributed by atoms with E-state index in [1.807, 2.05) is 46.9 Å². The number of aliphatic hydroxyl groups excluding tert-OH is 4. The van der Waals surface area contributed by atoms with Crippen LogP contribution in [0.1, 0.15) is 347 Å². The zero-order valence-corrected chi connectivity index (χ0v) is 65.8. The van der Waals surface area contributed by atoms with Crippen molar-refractivity contribution < 1.29 is 111 Å². The highest BCUT2D eigenvalue weighted by Gasteiger charge is 2.34. The highest BCUT2D eigenvalue weighted by Crippen LogP contribution is 2.34. The van der Waals surface area contributed by atoms with Gasteiger partial charge in [0.2, 0.25) is 29.7 Å². The quantitative estimate of drug-likeness (QED) is 0.0346. The zero-order chi connectivity index (χ0) is 126. The van der Waals surface area contributed by atoms with E-state index < -0.39 is 306 Å². The van der Waals surface area contributed by atoms with E-state index in [1.54, 1.807) is 62.3 Å². The number of aliphatic hydroxyl groups is 5. The summed E-state index contributed by atoms with van der Waals surface area (Å²) in [6.07, 6.45) is -48.0. The Morgan fingerprint density at radius 3 is 1.00 bits per heavy atom. The van der Waals surface area contributed by atoms with Crippen LogP contribution in [0.25, 0.3) is 0 Å². The van der Waals surface area contributed by atoms with Gasteiger partial charge in [0.15, 0.2) is 0 Å². The third-order valence-electron chi connectivity index (χ3n) is 14.4. The maximum atomic E-state index is 11.9. The number of hydrogen-bond acceptors (Lipinski definition) is 30. The lowest BCUT2D eigenvalue weighted by molar-refractivity contribution is 0.0737. The lowest BCUT2D eigenvalue weighted by Crippen LogP contribution is -2.36. The highest BCUT2D eigenvalue weighted by atomic mass is 16.3. The molecule has 5 heterocycles. The summed E-state index contributed by atoms with van der Waals surface area (Å²) in [5.41, 5.74) is 22.4. The Labute approximate surface area is 741 Å². The smallest absolute Gasteiger partial charge is 0.254 e. The Kier molecular flexibility index (Phi) is 17.0. The van der Waals surface area contributed by atoms with Crippen LogP contribution in [-0.2, 0) is 0 Å². The third kappa shape index (κ3) is 31.9. The van der Waals surface area contributed by atoms with Gasteiger partial charge in [-0.1, -0.05) is 34.3 Å². The van der Waals surface area contributed by atoms with Gasteiger partial charge >= 0.3 is 0 Å². The molecule has 115 heavy (non-hydrogen) atoms. The molecule has 17 unspecified atom stereocenters. The second kappa shape index (κ2) is 40.9. The van der Waals surface area contributed by atoms with Crippen LogP contribution >= 0.6 is 0 Å². The first-order valence-electron chi connectivity index (χ1n) is 57.7. The summed E-state index contributed by atoms with van der Waals surface area (Å²) in [6, 6.07) is -13.3. The number of amides is 5. The maximum Gasteiger partial charge on any atom is 0.254 e. The van der Waals surface area contributed by atoms with Crippen molar-refractivity contribution >= 4 is 88.4 Å². The molecule has 0 bridgehead atoms. The molecule has 25 N–H and O–H groups in total. The molecule has 5 aliphatic carbocycles. The van der Waals surface area contributed by atoms with Crippen molar-refractivity contribution in [3.05, 3.63) is 58.8 Å². The number of nitrogens with zero attached hydrogens (tertiary/aromatic N) is 10. The van der Waals surface area contributed by atoms with E-state index in [4.69, 9.17) is 90.4 Å². The molecular weight excluding hydrogens is 1470 g/mol. The van der Waals surface area contributed by atoms with Gasteiger partial charge in [-0.25, -0.2) is 24.9 Å². The van der Waals surface area contributed by atoms with Crippen LogP contribution < -0.4 is 81.8 Å². The van der Waals surface area contributed by atoms with Crippen LogP contribution in [0.4, 0.5) is 58.8 Å². The van der Waals surface area contributed by atoms with Crippen molar-refractivity contribution in [2.45, 2.75) is 322 Å². The number of rotatable bonds is 20.